The van der Waals surface area contributed by atoms with Gasteiger partial charge >= 0.3 is 5.97 Å². The van der Waals surface area contributed by atoms with Gasteiger partial charge in [-0.2, -0.15) is 0 Å². The summed E-state index contributed by atoms with van der Waals surface area (Å²) in [5.41, 5.74) is 1.20. The van der Waals surface area contributed by atoms with Gasteiger partial charge in [0.1, 0.15) is 0 Å². The molecule has 114 valence electrons. The Morgan fingerprint density at radius 2 is 1.68 bits per heavy atom. The Kier molecular flexibility index (Phi) is 5.73. The van der Waals surface area contributed by atoms with Crippen LogP contribution in [0.1, 0.15) is 35.2 Å². The SMILES string of the molecule is CCOC(=O)CC(C(=O)c1ccccc1)c1ccccc1Cl. The van der Waals surface area contributed by atoms with Gasteiger partial charge in [0.25, 0.3) is 0 Å². The van der Waals surface area contributed by atoms with Crippen molar-refractivity contribution in [3.63, 3.8) is 0 Å². The number of ketones is 1. The van der Waals surface area contributed by atoms with Crippen molar-refractivity contribution in [2.45, 2.75) is 19.3 Å². The van der Waals surface area contributed by atoms with Crippen LogP contribution in [0.5, 0.6) is 0 Å². The Hall–Kier alpha value is -2.13. The van der Waals surface area contributed by atoms with Crippen molar-refractivity contribution in [2.75, 3.05) is 6.61 Å². The van der Waals surface area contributed by atoms with Gasteiger partial charge in [-0.1, -0.05) is 60.1 Å². The highest BCUT2D eigenvalue weighted by Gasteiger charge is 2.27. The molecule has 0 radical (unpaired) electrons. The van der Waals surface area contributed by atoms with E-state index < -0.39 is 11.9 Å². The first-order valence-electron chi connectivity index (χ1n) is 7.12. The monoisotopic (exact) mass is 316 g/mol. The first-order chi connectivity index (χ1) is 10.6. The Labute approximate surface area is 134 Å². The third-order valence-electron chi connectivity index (χ3n) is 3.33. The molecule has 0 saturated carbocycles. The van der Waals surface area contributed by atoms with Crippen molar-refractivity contribution in [3.05, 3.63) is 70.7 Å². The second-order valence-electron chi connectivity index (χ2n) is 4.81. The van der Waals surface area contributed by atoms with E-state index in [0.717, 1.165) is 0 Å². The molecular weight excluding hydrogens is 300 g/mol. The van der Waals surface area contributed by atoms with Crippen molar-refractivity contribution in [1.29, 1.82) is 0 Å². The van der Waals surface area contributed by atoms with E-state index in [2.05, 4.69) is 0 Å². The molecule has 2 aromatic carbocycles. The Bertz CT molecular complexity index is 652. The van der Waals surface area contributed by atoms with Crippen LogP contribution in [-0.4, -0.2) is 18.4 Å². The van der Waals surface area contributed by atoms with Crippen LogP contribution in [0, 0.1) is 0 Å². The number of Topliss-reactive ketones (excluding diaryl/α,β-unsaturated/α-hetero) is 1. The molecule has 0 spiro atoms. The summed E-state index contributed by atoms with van der Waals surface area (Å²) in [6.07, 6.45) is -0.0225. The second-order valence-corrected chi connectivity index (χ2v) is 5.22. The zero-order valence-corrected chi connectivity index (χ0v) is 13.0. The maximum atomic E-state index is 12.8. The van der Waals surface area contributed by atoms with Crippen molar-refractivity contribution in [2.24, 2.45) is 0 Å². The maximum Gasteiger partial charge on any atom is 0.306 e. The predicted molar refractivity (Wildman–Crippen MR) is 86.2 cm³/mol. The number of benzene rings is 2. The molecule has 2 aromatic rings. The number of carbonyl (C=O) groups is 2. The Balaban J connectivity index is 2.35. The van der Waals surface area contributed by atoms with Gasteiger partial charge in [0, 0.05) is 10.6 Å². The van der Waals surface area contributed by atoms with Gasteiger partial charge in [-0.15, -0.1) is 0 Å². The minimum absolute atomic E-state index is 0.0225. The Morgan fingerprint density at radius 1 is 1.05 bits per heavy atom. The fraction of sp³-hybridized carbons (Fsp3) is 0.222. The summed E-state index contributed by atoms with van der Waals surface area (Å²) in [6, 6.07) is 16.0. The van der Waals surface area contributed by atoms with Gasteiger partial charge in [0.05, 0.1) is 18.9 Å². The van der Waals surface area contributed by atoms with E-state index in [1.54, 1.807) is 55.5 Å². The van der Waals surface area contributed by atoms with E-state index >= 15 is 0 Å². The summed E-state index contributed by atoms with van der Waals surface area (Å²) in [7, 11) is 0. The molecule has 0 saturated heterocycles. The zero-order chi connectivity index (χ0) is 15.9. The molecule has 0 heterocycles. The highest BCUT2D eigenvalue weighted by atomic mass is 35.5. The molecule has 22 heavy (non-hydrogen) atoms. The lowest BCUT2D eigenvalue weighted by Gasteiger charge is -2.17. The summed E-state index contributed by atoms with van der Waals surface area (Å²) in [6.45, 7) is 2.02. The third-order valence-corrected chi connectivity index (χ3v) is 3.68. The van der Waals surface area contributed by atoms with Crippen LogP contribution in [0.4, 0.5) is 0 Å². The van der Waals surface area contributed by atoms with Crippen LogP contribution in [0.3, 0.4) is 0 Å². The van der Waals surface area contributed by atoms with Crippen LogP contribution >= 0.6 is 11.6 Å². The number of rotatable bonds is 6. The minimum atomic E-state index is -0.643. The van der Waals surface area contributed by atoms with Crippen molar-refractivity contribution in [3.8, 4) is 0 Å². The number of hydrogen-bond acceptors (Lipinski definition) is 3. The average molecular weight is 317 g/mol. The molecule has 2 rings (SSSR count). The van der Waals surface area contributed by atoms with Gasteiger partial charge in [-0.3, -0.25) is 9.59 Å². The molecule has 3 nitrogen and oxygen atoms in total. The lowest BCUT2D eigenvalue weighted by atomic mass is 9.88. The lowest BCUT2D eigenvalue weighted by molar-refractivity contribution is -0.143. The van der Waals surface area contributed by atoms with Gasteiger partial charge in [-0.05, 0) is 18.6 Å². The highest BCUT2D eigenvalue weighted by molar-refractivity contribution is 6.31. The summed E-state index contributed by atoms with van der Waals surface area (Å²) in [5.74, 6) is -1.19. The smallest absolute Gasteiger partial charge is 0.306 e. The number of esters is 1. The van der Waals surface area contributed by atoms with Crippen molar-refractivity contribution in [1.82, 2.24) is 0 Å². The van der Waals surface area contributed by atoms with Crippen LogP contribution in [0.2, 0.25) is 5.02 Å². The minimum Gasteiger partial charge on any atom is -0.466 e. The highest BCUT2D eigenvalue weighted by Crippen LogP contribution is 2.30. The molecule has 0 aliphatic carbocycles. The number of hydrogen-bond donors (Lipinski definition) is 0. The Morgan fingerprint density at radius 3 is 2.32 bits per heavy atom. The van der Waals surface area contributed by atoms with Crippen LogP contribution < -0.4 is 0 Å². The topological polar surface area (TPSA) is 43.4 Å². The largest absolute Gasteiger partial charge is 0.466 e. The standard InChI is InChI=1S/C18H17ClO3/c1-2-22-17(20)12-15(14-10-6-7-11-16(14)19)18(21)13-8-4-3-5-9-13/h3-11,15H,2,12H2,1H3. The summed E-state index contributed by atoms with van der Waals surface area (Å²) >= 11 is 6.21. The van der Waals surface area contributed by atoms with Crippen LogP contribution in [0.15, 0.2) is 54.6 Å². The maximum absolute atomic E-state index is 12.8. The molecule has 0 bridgehead atoms. The second kappa shape index (κ2) is 7.76. The van der Waals surface area contributed by atoms with Gasteiger partial charge in [0.15, 0.2) is 5.78 Å². The van der Waals surface area contributed by atoms with E-state index in [9.17, 15) is 9.59 Å². The van der Waals surface area contributed by atoms with Crippen LogP contribution in [0.25, 0.3) is 0 Å². The molecule has 0 aliphatic heterocycles. The molecule has 0 fully saturated rings. The van der Waals surface area contributed by atoms with E-state index in [4.69, 9.17) is 16.3 Å². The first kappa shape index (κ1) is 16.2. The number of ether oxygens (including phenoxy) is 1. The fourth-order valence-corrected chi connectivity index (χ4v) is 2.56. The molecular formula is C18H17ClO3. The normalized spacial score (nSPS) is 11.7. The van der Waals surface area contributed by atoms with E-state index in [1.807, 2.05) is 6.07 Å². The average Bonchev–Trinajstić information content (AvgIpc) is 2.54. The number of carbonyl (C=O) groups excluding carboxylic acids is 2. The van der Waals surface area contributed by atoms with Gasteiger partial charge < -0.3 is 4.74 Å². The van der Waals surface area contributed by atoms with E-state index in [-0.39, 0.29) is 18.8 Å². The molecule has 0 aliphatic rings. The van der Waals surface area contributed by atoms with E-state index in [0.29, 0.717) is 16.1 Å². The third kappa shape index (κ3) is 3.95. The zero-order valence-electron chi connectivity index (χ0n) is 12.3. The molecule has 1 unspecified atom stereocenters. The molecule has 0 aromatic heterocycles. The molecule has 1 atom stereocenters. The van der Waals surface area contributed by atoms with Gasteiger partial charge in [0.2, 0.25) is 0 Å². The van der Waals surface area contributed by atoms with Gasteiger partial charge in [-0.25, -0.2) is 0 Å². The molecule has 0 N–H and O–H groups in total. The van der Waals surface area contributed by atoms with Crippen LogP contribution in [-0.2, 0) is 9.53 Å². The van der Waals surface area contributed by atoms with E-state index in [1.165, 1.54) is 0 Å². The van der Waals surface area contributed by atoms with Crippen molar-refractivity contribution < 1.29 is 14.3 Å². The summed E-state index contributed by atoms with van der Waals surface area (Å²) in [5, 5.41) is 0.473. The fourth-order valence-electron chi connectivity index (χ4n) is 2.29. The predicted octanol–water partition coefficient (Wildman–Crippen LogP) is 4.26. The molecule has 0 amide bonds. The lowest BCUT2D eigenvalue weighted by Crippen LogP contribution is -2.19. The summed E-state index contributed by atoms with van der Waals surface area (Å²) < 4.78 is 4.99. The van der Waals surface area contributed by atoms with Crippen molar-refractivity contribution >= 4 is 23.4 Å². The first-order valence-corrected chi connectivity index (χ1v) is 7.50. The quantitative estimate of drug-likeness (QED) is 0.591. The number of halogens is 1. The summed E-state index contributed by atoms with van der Waals surface area (Å²) in [4.78, 5) is 24.6. The molecule has 4 heteroatoms.